The summed E-state index contributed by atoms with van der Waals surface area (Å²) < 4.78 is 6.61. The molecule has 2 N–H and O–H groups in total. The fourth-order valence-electron chi connectivity index (χ4n) is 2.00. The molecule has 0 fully saturated rings. The molecule has 1 heterocycles. The zero-order valence-corrected chi connectivity index (χ0v) is 10.7. The van der Waals surface area contributed by atoms with Crippen molar-refractivity contribution in [3.63, 3.8) is 0 Å². The largest absolute Gasteiger partial charge is 0.495 e. The summed E-state index contributed by atoms with van der Waals surface area (Å²) in [6.07, 6.45) is 0.930. The van der Waals surface area contributed by atoms with Crippen LogP contribution in [0.15, 0.2) is 18.2 Å². The molecule has 0 aliphatic heterocycles. The summed E-state index contributed by atoms with van der Waals surface area (Å²) in [6.45, 7) is 4.20. The van der Waals surface area contributed by atoms with Crippen LogP contribution in [0, 0.1) is 6.92 Å². The molecule has 0 aliphatic rings. The predicted molar refractivity (Wildman–Crippen MR) is 70.5 cm³/mol. The molecule has 16 heavy (non-hydrogen) atoms. The molecule has 0 radical (unpaired) electrons. The Morgan fingerprint density at radius 1 is 1.44 bits per heavy atom. The summed E-state index contributed by atoms with van der Waals surface area (Å²) in [5, 5.41) is 1.29. The fraction of sp³-hybridized carbons (Fsp3) is 0.385. The highest BCUT2D eigenvalue weighted by atomic mass is 32.1. The number of hydrogen-bond acceptors (Lipinski definition) is 3. The highest BCUT2D eigenvalue weighted by Gasteiger charge is 2.13. The van der Waals surface area contributed by atoms with Crippen LogP contribution in [0.4, 0.5) is 0 Å². The van der Waals surface area contributed by atoms with Gasteiger partial charge in [-0.15, -0.1) is 11.3 Å². The normalized spacial score (nSPS) is 13.0. The lowest BCUT2D eigenvalue weighted by molar-refractivity contribution is 0.420. The molecule has 0 amide bonds. The van der Waals surface area contributed by atoms with Gasteiger partial charge in [0.1, 0.15) is 5.75 Å². The molecule has 1 aromatic heterocycles. The summed E-state index contributed by atoms with van der Waals surface area (Å²) in [7, 11) is 1.72. The third-order valence-corrected chi connectivity index (χ3v) is 3.91. The molecule has 2 nitrogen and oxygen atoms in total. The van der Waals surface area contributed by atoms with E-state index in [2.05, 4.69) is 13.0 Å². The van der Waals surface area contributed by atoms with E-state index in [0.717, 1.165) is 12.2 Å². The molecule has 2 aromatic rings. The highest BCUT2D eigenvalue weighted by molar-refractivity contribution is 7.19. The van der Waals surface area contributed by atoms with Gasteiger partial charge in [-0.25, -0.2) is 0 Å². The van der Waals surface area contributed by atoms with Gasteiger partial charge in [-0.2, -0.15) is 0 Å². The zero-order valence-electron chi connectivity index (χ0n) is 9.91. The Balaban J connectivity index is 2.61. The van der Waals surface area contributed by atoms with Gasteiger partial charge in [0, 0.05) is 10.9 Å². The van der Waals surface area contributed by atoms with Gasteiger partial charge < -0.3 is 10.5 Å². The van der Waals surface area contributed by atoms with Crippen LogP contribution in [-0.2, 0) is 6.42 Å². The van der Waals surface area contributed by atoms with Gasteiger partial charge in [0.05, 0.1) is 11.8 Å². The van der Waals surface area contributed by atoms with E-state index in [1.54, 1.807) is 18.4 Å². The number of rotatable bonds is 3. The monoisotopic (exact) mass is 235 g/mol. The smallest absolute Gasteiger partial charge is 0.136 e. The number of hydrogen-bond donors (Lipinski definition) is 1. The molecule has 0 saturated carbocycles. The van der Waals surface area contributed by atoms with Crippen molar-refractivity contribution in [2.24, 2.45) is 5.73 Å². The maximum atomic E-state index is 5.89. The summed E-state index contributed by atoms with van der Waals surface area (Å²) in [5.74, 6) is 0.960. The molecule has 1 atom stereocenters. The second-order valence-electron chi connectivity index (χ2n) is 4.16. The summed E-state index contributed by atoms with van der Waals surface area (Å²) in [5.41, 5.74) is 7.26. The van der Waals surface area contributed by atoms with Gasteiger partial charge in [0.15, 0.2) is 0 Å². The van der Waals surface area contributed by atoms with Gasteiger partial charge in [0.25, 0.3) is 0 Å². The second kappa shape index (κ2) is 4.44. The Hall–Kier alpha value is -1.06. The highest BCUT2D eigenvalue weighted by Crippen LogP contribution is 2.37. The SMILES string of the molecule is COc1cccc2c(CC(C)N)c(C)sc12. The van der Waals surface area contributed by atoms with Crippen molar-refractivity contribution in [1.29, 1.82) is 0 Å². The first kappa shape index (κ1) is 11.4. The number of fused-ring (bicyclic) bond motifs is 1. The number of ether oxygens (including phenoxy) is 1. The standard InChI is InChI=1S/C13H17NOS/c1-8(14)7-11-9(2)16-13-10(11)5-4-6-12(13)15-3/h4-6,8H,7,14H2,1-3H3. The lowest BCUT2D eigenvalue weighted by Gasteiger charge is -2.06. The van der Waals surface area contributed by atoms with Crippen molar-refractivity contribution in [3.8, 4) is 5.75 Å². The van der Waals surface area contributed by atoms with E-state index < -0.39 is 0 Å². The number of benzene rings is 1. The van der Waals surface area contributed by atoms with E-state index in [0.29, 0.717) is 0 Å². The Labute approximate surface area is 100 Å². The summed E-state index contributed by atoms with van der Waals surface area (Å²) >= 11 is 1.79. The molecule has 3 heteroatoms. The van der Waals surface area contributed by atoms with Gasteiger partial charge >= 0.3 is 0 Å². The van der Waals surface area contributed by atoms with E-state index in [-0.39, 0.29) is 6.04 Å². The molecular formula is C13H17NOS. The van der Waals surface area contributed by atoms with Crippen molar-refractivity contribution >= 4 is 21.4 Å². The molecule has 2 rings (SSSR count). The van der Waals surface area contributed by atoms with Crippen LogP contribution in [-0.4, -0.2) is 13.2 Å². The average molecular weight is 235 g/mol. The van der Waals surface area contributed by atoms with Gasteiger partial charge in [-0.05, 0) is 37.3 Å². The van der Waals surface area contributed by atoms with Crippen LogP contribution < -0.4 is 10.5 Å². The second-order valence-corrected chi connectivity index (χ2v) is 5.38. The van der Waals surface area contributed by atoms with Crippen LogP contribution in [0.5, 0.6) is 5.75 Å². The van der Waals surface area contributed by atoms with Crippen molar-refractivity contribution in [2.45, 2.75) is 26.3 Å². The zero-order chi connectivity index (χ0) is 11.7. The van der Waals surface area contributed by atoms with Gasteiger partial charge in [-0.1, -0.05) is 12.1 Å². The minimum atomic E-state index is 0.197. The number of nitrogens with two attached hydrogens (primary N) is 1. The number of thiophene rings is 1. The number of methoxy groups -OCH3 is 1. The Morgan fingerprint density at radius 3 is 2.81 bits per heavy atom. The van der Waals surface area contributed by atoms with Crippen molar-refractivity contribution in [1.82, 2.24) is 0 Å². The van der Waals surface area contributed by atoms with Crippen LogP contribution >= 0.6 is 11.3 Å². The maximum absolute atomic E-state index is 5.89. The van der Waals surface area contributed by atoms with E-state index in [4.69, 9.17) is 10.5 Å². The quantitative estimate of drug-likeness (QED) is 0.887. The van der Waals surface area contributed by atoms with Gasteiger partial charge in [-0.3, -0.25) is 0 Å². The van der Waals surface area contributed by atoms with E-state index in [1.165, 1.54) is 20.5 Å². The van der Waals surface area contributed by atoms with Crippen molar-refractivity contribution in [2.75, 3.05) is 7.11 Å². The Kier molecular flexibility index (Phi) is 3.17. The number of aryl methyl sites for hydroxylation is 1. The first-order valence-electron chi connectivity index (χ1n) is 5.44. The topological polar surface area (TPSA) is 35.2 Å². The third kappa shape index (κ3) is 1.93. The molecule has 0 spiro atoms. The van der Waals surface area contributed by atoms with Crippen LogP contribution in [0.25, 0.3) is 10.1 Å². The lowest BCUT2D eigenvalue weighted by atomic mass is 10.0. The third-order valence-electron chi connectivity index (χ3n) is 2.73. The molecule has 0 bridgehead atoms. The Morgan fingerprint density at radius 2 is 2.19 bits per heavy atom. The predicted octanol–water partition coefficient (Wildman–Crippen LogP) is 3.11. The first-order chi connectivity index (χ1) is 7.63. The van der Waals surface area contributed by atoms with Gasteiger partial charge in [0.2, 0.25) is 0 Å². The lowest BCUT2D eigenvalue weighted by Crippen LogP contribution is -2.17. The summed E-state index contributed by atoms with van der Waals surface area (Å²) in [4.78, 5) is 1.34. The molecule has 86 valence electrons. The first-order valence-corrected chi connectivity index (χ1v) is 6.25. The van der Waals surface area contributed by atoms with Crippen LogP contribution in [0.3, 0.4) is 0 Å². The van der Waals surface area contributed by atoms with Crippen molar-refractivity contribution < 1.29 is 4.74 Å². The minimum absolute atomic E-state index is 0.197. The maximum Gasteiger partial charge on any atom is 0.136 e. The Bertz CT molecular complexity index is 502. The van der Waals surface area contributed by atoms with Crippen LogP contribution in [0.2, 0.25) is 0 Å². The van der Waals surface area contributed by atoms with E-state index >= 15 is 0 Å². The van der Waals surface area contributed by atoms with E-state index in [9.17, 15) is 0 Å². The molecule has 0 aliphatic carbocycles. The van der Waals surface area contributed by atoms with E-state index in [1.807, 2.05) is 19.1 Å². The molecule has 1 unspecified atom stereocenters. The average Bonchev–Trinajstić information content (AvgIpc) is 2.55. The fourth-order valence-corrected chi connectivity index (χ4v) is 3.18. The minimum Gasteiger partial charge on any atom is -0.495 e. The molecular weight excluding hydrogens is 218 g/mol. The molecule has 1 aromatic carbocycles. The summed E-state index contributed by atoms with van der Waals surface area (Å²) in [6, 6.07) is 6.40. The van der Waals surface area contributed by atoms with Crippen molar-refractivity contribution in [3.05, 3.63) is 28.6 Å². The molecule has 0 saturated heterocycles. The van der Waals surface area contributed by atoms with Crippen LogP contribution in [0.1, 0.15) is 17.4 Å².